The highest BCUT2D eigenvalue weighted by Crippen LogP contribution is 2.25. The van der Waals surface area contributed by atoms with Gasteiger partial charge in [0.05, 0.1) is 5.02 Å². The molecule has 0 unspecified atom stereocenters. The lowest BCUT2D eigenvalue weighted by atomic mass is 10.0. The van der Waals surface area contributed by atoms with Gasteiger partial charge in [-0.1, -0.05) is 41.1 Å². The van der Waals surface area contributed by atoms with Crippen molar-refractivity contribution in [2.75, 3.05) is 11.9 Å². The summed E-state index contributed by atoms with van der Waals surface area (Å²) in [5.74, 6) is 0.300. The van der Waals surface area contributed by atoms with Crippen molar-refractivity contribution in [3.63, 3.8) is 0 Å². The first kappa shape index (κ1) is 17.9. The first-order valence-corrected chi connectivity index (χ1v) is 9.72. The van der Waals surface area contributed by atoms with Gasteiger partial charge in [0.15, 0.2) is 5.01 Å². The number of aromatic nitrogens is 2. The number of hydrogen-bond acceptors (Lipinski definition) is 6. The zero-order valence-electron chi connectivity index (χ0n) is 14.4. The Hall–Kier alpha value is -2.48. The minimum absolute atomic E-state index is 0.209. The lowest BCUT2D eigenvalue weighted by Crippen LogP contribution is -2.23. The van der Waals surface area contributed by atoms with Gasteiger partial charge in [-0.2, -0.15) is 0 Å². The molecule has 0 fully saturated rings. The molecule has 0 aliphatic carbocycles. The van der Waals surface area contributed by atoms with Crippen molar-refractivity contribution >= 4 is 34.5 Å². The van der Waals surface area contributed by atoms with E-state index in [1.165, 1.54) is 22.5 Å². The molecule has 1 aromatic heterocycles. The predicted molar refractivity (Wildman–Crippen MR) is 105 cm³/mol. The molecule has 138 valence electrons. The Kier molecular flexibility index (Phi) is 5.33. The van der Waals surface area contributed by atoms with Crippen molar-refractivity contribution in [2.45, 2.75) is 19.6 Å². The van der Waals surface area contributed by atoms with E-state index in [0.717, 1.165) is 25.2 Å². The molecular weight excluding hydrogens is 384 g/mol. The van der Waals surface area contributed by atoms with E-state index in [2.05, 4.69) is 20.8 Å². The Morgan fingerprint density at radius 1 is 1.22 bits per heavy atom. The summed E-state index contributed by atoms with van der Waals surface area (Å²) in [6.45, 7) is 2.03. The largest absolute Gasteiger partial charge is 0.485 e. The summed E-state index contributed by atoms with van der Waals surface area (Å²) in [7, 11) is 0. The monoisotopic (exact) mass is 400 g/mol. The van der Waals surface area contributed by atoms with Crippen LogP contribution in [-0.4, -0.2) is 22.6 Å². The number of benzene rings is 2. The second-order valence-corrected chi connectivity index (χ2v) is 7.55. The molecule has 0 spiro atoms. The summed E-state index contributed by atoms with van der Waals surface area (Å²) in [4.78, 5) is 12.4. The van der Waals surface area contributed by atoms with Crippen molar-refractivity contribution in [1.82, 2.24) is 15.5 Å². The molecule has 27 heavy (non-hydrogen) atoms. The normalized spacial score (nSPS) is 13.1. The van der Waals surface area contributed by atoms with Gasteiger partial charge in [-0.15, -0.1) is 10.2 Å². The zero-order valence-corrected chi connectivity index (χ0v) is 15.9. The molecule has 0 atom stereocenters. The number of ether oxygens (including phenoxy) is 1. The fraction of sp³-hybridized carbons (Fsp3) is 0.211. The van der Waals surface area contributed by atoms with Crippen molar-refractivity contribution in [3.05, 3.63) is 68.6 Å². The Balaban J connectivity index is 1.39. The van der Waals surface area contributed by atoms with Crippen LogP contribution in [0.4, 0.5) is 5.69 Å². The number of nitrogens with zero attached hydrogens (tertiary/aromatic N) is 2. The van der Waals surface area contributed by atoms with Crippen LogP contribution in [0.3, 0.4) is 0 Å². The molecule has 1 amide bonds. The second kappa shape index (κ2) is 8.04. The third-order valence-corrected chi connectivity index (χ3v) is 5.41. The molecule has 2 aromatic carbocycles. The summed E-state index contributed by atoms with van der Waals surface area (Å²) in [5.41, 5.74) is 3.30. The number of rotatable bonds is 5. The first-order valence-electron chi connectivity index (χ1n) is 8.52. The topological polar surface area (TPSA) is 76.1 Å². The molecule has 2 heterocycles. The molecule has 0 saturated heterocycles. The fourth-order valence-corrected chi connectivity index (χ4v) is 3.68. The molecule has 4 rings (SSSR count). The van der Waals surface area contributed by atoms with Gasteiger partial charge in [0.2, 0.25) is 5.01 Å². The number of anilines is 1. The molecule has 3 aromatic rings. The van der Waals surface area contributed by atoms with Gasteiger partial charge in [-0.05, 0) is 48.4 Å². The van der Waals surface area contributed by atoms with Crippen LogP contribution in [0.1, 0.15) is 25.9 Å². The lowest BCUT2D eigenvalue weighted by molar-refractivity contribution is 0.102. The minimum atomic E-state index is -0.273. The molecule has 0 bridgehead atoms. The molecule has 6 nitrogen and oxygen atoms in total. The number of nitrogens with one attached hydrogen (secondary N) is 2. The summed E-state index contributed by atoms with van der Waals surface area (Å²) < 4.78 is 5.63. The van der Waals surface area contributed by atoms with E-state index < -0.39 is 0 Å². The highest BCUT2D eigenvalue weighted by molar-refractivity contribution is 7.13. The van der Waals surface area contributed by atoms with Crippen LogP contribution in [0.5, 0.6) is 5.75 Å². The number of carbonyl (C=O) groups is 1. The Morgan fingerprint density at radius 3 is 3.00 bits per heavy atom. The van der Waals surface area contributed by atoms with Crippen LogP contribution >= 0.6 is 22.9 Å². The van der Waals surface area contributed by atoms with Crippen LogP contribution < -0.4 is 15.4 Å². The second-order valence-electron chi connectivity index (χ2n) is 6.08. The first-order chi connectivity index (χ1) is 13.2. The summed E-state index contributed by atoms with van der Waals surface area (Å²) in [6.07, 6.45) is 0.960. The molecule has 2 N–H and O–H groups in total. The maximum absolute atomic E-state index is 12.4. The molecule has 0 saturated carbocycles. The zero-order chi connectivity index (χ0) is 18.6. The predicted octanol–water partition coefficient (Wildman–Crippen LogP) is 3.67. The van der Waals surface area contributed by atoms with Crippen LogP contribution in [0.2, 0.25) is 5.02 Å². The molecular formula is C19H17ClN4O2S. The fourth-order valence-electron chi connectivity index (χ4n) is 2.84. The van der Waals surface area contributed by atoms with E-state index in [1.54, 1.807) is 12.1 Å². The van der Waals surface area contributed by atoms with Gasteiger partial charge in [-0.3, -0.25) is 4.79 Å². The minimum Gasteiger partial charge on any atom is -0.485 e. The standard InChI is InChI=1S/C19H17ClN4O2S/c20-15-3-1-2-4-16(15)26-11-17-23-24-19(27-17)18(25)22-14-6-5-13-10-21-8-7-12(13)9-14/h1-6,9,21H,7-8,10-11H2,(H,22,25). The van der Waals surface area contributed by atoms with Crippen LogP contribution in [0.15, 0.2) is 42.5 Å². The van der Waals surface area contributed by atoms with E-state index in [9.17, 15) is 4.79 Å². The van der Waals surface area contributed by atoms with Crippen LogP contribution in [-0.2, 0) is 19.6 Å². The van der Waals surface area contributed by atoms with Gasteiger partial charge in [0, 0.05) is 12.2 Å². The molecule has 8 heteroatoms. The molecule has 1 aliphatic heterocycles. The van der Waals surface area contributed by atoms with Crippen LogP contribution in [0, 0.1) is 0 Å². The number of fused-ring (bicyclic) bond motifs is 1. The maximum atomic E-state index is 12.4. The number of carbonyl (C=O) groups excluding carboxylic acids is 1. The number of halogens is 1. The van der Waals surface area contributed by atoms with E-state index in [4.69, 9.17) is 16.3 Å². The Labute approximate surface area is 165 Å². The highest BCUT2D eigenvalue weighted by atomic mass is 35.5. The van der Waals surface area contributed by atoms with Crippen molar-refractivity contribution in [3.8, 4) is 5.75 Å². The number of para-hydroxylation sites is 1. The van der Waals surface area contributed by atoms with Crippen molar-refractivity contribution < 1.29 is 9.53 Å². The SMILES string of the molecule is O=C(Nc1ccc2c(c1)CCNC2)c1nnc(COc2ccccc2Cl)s1. The van der Waals surface area contributed by atoms with Crippen molar-refractivity contribution in [1.29, 1.82) is 0 Å². The average molecular weight is 401 g/mol. The summed E-state index contributed by atoms with van der Waals surface area (Å²) in [5, 5.41) is 15.7. The van der Waals surface area contributed by atoms with E-state index >= 15 is 0 Å². The van der Waals surface area contributed by atoms with Gasteiger partial charge in [0.25, 0.3) is 5.91 Å². The summed E-state index contributed by atoms with van der Waals surface area (Å²) in [6, 6.07) is 13.2. The van der Waals surface area contributed by atoms with E-state index in [0.29, 0.717) is 20.8 Å². The van der Waals surface area contributed by atoms with E-state index in [-0.39, 0.29) is 12.5 Å². The Bertz CT molecular complexity index is 976. The molecule has 1 aliphatic rings. The smallest absolute Gasteiger partial charge is 0.286 e. The third kappa shape index (κ3) is 4.27. The highest BCUT2D eigenvalue weighted by Gasteiger charge is 2.15. The van der Waals surface area contributed by atoms with Gasteiger partial charge < -0.3 is 15.4 Å². The third-order valence-electron chi connectivity index (χ3n) is 4.20. The Morgan fingerprint density at radius 2 is 2.11 bits per heavy atom. The van der Waals surface area contributed by atoms with Gasteiger partial charge >= 0.3 is 0 Å². The average Bonchev–Trinajstić information content (AvgIpc) is 3.16. The number of hydrogen-bond donors (Lipinski definition) is 2. The van der Waals surface area contributed by atoms with Gasteiger partial charge in [-0.25, -0.2) is 0 Å². The quantitative estimate of drug-likeness (QED) is 0.683. The lowest BCUT2D eigenvalue weighted by Gasteiger charge is -2.17. The van der Waals surface area contributed by atoms with E-state index in [1.807, 2.05) is 30.3 Å². The maximum Gasteiger partial charge on any atom is 0.286 e. The van der Waals surface area contributed by atoms with Crippen molar-refractivity contribution in [2.24, 2.45) is 0 Å². The van der Waals surface area contributed by atoms with Crippen LogP contribution in [0.25, 0.3) is 0 Å². The number of amides is 1. The van der Waals surface area contributed by atoms with Gasteiger partial charge in [0.1, 0.15) is 12.4 Å². The summed E-state index contributed by atoms with van der Waals surface area (Å²) >= 11 is 7.26. The molecule has 0 radical (unpaired) electrons.